The average Bonchev–Trinajstić information content (AvgIpc) is 3.32. The Kier molecular flexibility index (Phi) is 6.71. The van der Waals surface area contributed by atoms with Crippen LogP contribution < -0.4 is 10.1 Å². The summed E-state index contributed by atoms with van der Waals surface area (Å²) in [6.45, 7) is 0.385. The van der Waals surface area contributed by atoms with Gasteiger partial charge in [-0.2, -0.15) is 0 Å². The van der Waals surface area contributed by atoms with E-state index in [9.17, 15) is 13.6 Å². The summed E-state index contributed by atoms with van der Waals surface area (Å²) in [4.78, 5) is 17.5. The Morgan fingerprint density at radius 2 is 1.72 bits per heavy atom. The average molecular weight is 484 g/mol. The molecule has 0 spiro atoms. The standard InChI is InChI=1S/C29H23F2N3O2/c30-22-11-13-24(14-12-22)33-28(35)17-25(21-8-4-9-23(31)16-21)26-18-32-29-27(10-5-15-34(26)29)36-19-20-6-2-1-3-7-20/h1-16,18,25H,17,19H2,(H,33,35)/t25-/m1/s1. The number of fused-ring (bicyclic) bond motifs is 1. The summed E-state index contributed by atoms with van der Waals surface area (Å²) in [5, 5.41) is 2.79. The Morgan fingerprint density at radius 3 is 2.50 bits per heavy atom. The quantitative estimate of drug-likeness (QED) is 0.280. The lowest BCUT2D eigenvalue weighted by atomic mass is 9.92. The third-order valence-corrected chi connectivity index (χ3v) is 5.89. The largest absolute Gasteiger partial charge is 0.485 e. The molecule has 0 fully saturated rings. The smallest absolute Gasteiger partial charge is 0.225 e. The van der Waals surface area contributed by atoms with Gasteiger partial charge >= 0.3 is 0 Å². The summed E-state index contributed by atoms with van der Waals surface area (Å²) in [6, 6.07) is 25.2. The maximum Gasteiger partial charge on any atom is 0.225 e. The van der Waals surface area contributed by atoms with E-state index in [1.807, 2.05) is 53.1 Å². The highest BCUT2D eigenvalue weighted by Crippen LogP contribution is 2.32. The van der Waals surface area contributed by atoms with Crippen molar-refractivity contribution in [2.24, 2.45) is 0 Å². The van der Waals surface area contributed by atoms with Crippen LogP contribution in [0.2, 0.25) is 0 Å². The minimum absolute atomic E-state index is 0.0315. The number of hydrogen-bond donors (Lipinski definition) is 1. The van der Waals surface area contributed by atoms with E-state index in [4.69, 9.17) is 4.74 Å². The number of rotatable bonds is 8. The zero-order valence-corrected chi connectivity index (χ0v) is 19.3. The normalized spacial score (nSPS) is 11.8. The molecule has 0 bridgehead atoms. The second kappa shape index (κ2) is 10.4. The van der Waals surface area contributed by atoms with Crippen molar-refractivity contribution in [2.75, 3.05) is 5.32 Å². The Bertz CT molecular complexity index is 1480. The molecule has 36 heavy (non-hydrogen) atoms. The number of hydrogen-bond acceptors (Lipinski definition) is 3. The van der Waals surface area contributed by atoms with E-state index in [0.29, 0.717) is 29.3 Å². The van der Waals surface area contributed by atoms with E-state index in [2.05, 4.69) is 10.3 Å². The third-order valence-electron chi connectivity index (χ3n) is 5.89. The van der Waals surface area contributed by atoms with Crippen molar-refractivity contribution < 1.29 is 18.3 Å². The molecule has 0 unspecified atom stereocenters. The maximum absolute atomic E-state index is 14.2. The Labute approximate surface area is 207 Å². The van der Waals surface area contributed by atoms with Gasteiger partial charge in [-0.05, 0) is 59.7 Å². The lowest BCUT2D eigenvalue weighted by Crippen LogP contribution is -2.17. The highest BCUT2D eigenvalue weighted by atomic mass is 19.1. The van der Waals surface area contributed by atoms with E-state index in [1.54, 1.807) is 18.3 Å². The molecule has 5 nitrogen and oxygen atoms in total. The zero-order chi connectivity index (χ0) is 24.9. The number of carbonyl (C=O) groups is 1. The second-order valence-electron chi connectivity index (χ2n) is 8.39. The van der Waals surface area contributed by atoms with Gasteiger partial charge in [-0.25, -0.2) is 13.8 Å². The molecule has 0 saturated carbocycles. The Balaban J connectivity index is 1.45. The number of amides is 1. The van der Waals surface area contributed by atoms with Crippen LogP contribution in [0.3, 0.4) is 0 Å². The number of halogens is 2. The molecule has 7 heteroatoms. The van der Waals surface area contributed by atoms with Gasteiger partial charge < -0.3 is 14.5 Å². The molecule has 2 aromatic heterocycles. The van der Waals surface area contributed by atoms with Crippen LogP contribution in [0.25, 0.3) is 5.65 Å². The van der Waals surface area contributed by atoms with E-state index in [-0.39, 0.29) is 18.1 Å². The van der Waals surface area contributed by atoms with Gasteiger partial charge in [0, 0.05) is 30.4 Å². The Morgan fingerprint density at radius 1 is 0.917 bits per heavy atom. The molecule has 0 aliphatic heterocycles. The van der Waals surface area contributed by atoms with Crippen molar-refractivity contribution in [1.82, 2.24) is 9.38 Å². The summed E-state index contributed by atoms with van der Waals surface area (Å²) >= 11 is 0. The van der Waals surface area contributed by atoms with Gasteiger partial charge in [0.2, 0.25) is 5.91 Å². The van der Waals surface area contributed by atoms with Crippen LogP contribution in [-0.4, -0.2) is 15.3 Å². The number of nitrogens with one attached hydrogen (secondary N) is 1. The highest BCUT2D eigenvalue weighted by Gasteiger charge is 2.23. The number of anilines is 1. The van der Waals surface area contributed by atoms with Gasteiger partial charge in [-0.1, -0.05) is 42.5 Å². The number of carbonyl (C=O) groups excluding carboxylic acids is 1. The first-order valence-electron chi connectivity index (χ1n) is 11.5. The van der Waals surface area contributed by atoms with Gasteiger partial charge in [0.25, 0.3) is 0 Å². The van der Waals surface area contributed by atoms with Gasteiger partial charge in [0.1, 0.15) is 18.2 Å². The molecule has 180 valence electrons. The van der Waals surface area contributed by atoms with Crippen LogP contribution in [0.15, 0.2) is 103 Å². The first-order chi connectivity index (χ1) is 17.6. The van der Waals surface area contributed by atoms with Crippen LogP contribution >= 0.6 is 0 Å². The number of ether oxygens (including phenoxy) is 1. The summed E-state index contributed by atoms with van der Waals surface area (Å²) in [7, 11) is 0. The lowest BCUT2D eigenvalue weighted by Gasteiger charge is -2.18. The molecule has 0 saturated heterocycles. The molecule has 0 radical (unpaired) electrons. The summed E-state index contributed by atoms with van der Waals surface area (Å²) in [6.07, 6.45) is 3.56. The number of nitrogens with zero attached hydrogens (tertiary/aromatic N) is 2. The highest BCUT2D eigenvalue weighted by molar-refractivity contribution is 5.91. The molecule has 5 aromatic rings. The lowest BCUT2D eigenvalue weighted by molar-refractivity contribution is -0.116. The fourth-order valence-corrected chi connectivity index (χ4v) is 4.16. The molecular formula is C29H23F2N3O2. The first-order valence-corrected chi connectivity index (χ1v) is 11.5. The first kappa shape index (κ1) is 23.2. The molecule has 2 heterocycles. The van der Waals surface area contributed by atoms with Crippen LogP contribution in [0.5, 0.6) is 5.75 Å². The van der Waals surface area contributed by atoms with Crippen molar-refractivity contribution in [3.8, 4) is 5.75 Å². The molecule has 0 aliphatic rings. The number of benzene rings is 3. The minimum atomic E-state index is -0.486. The number of imidazole rings is 1. The minimum Gasteiger partial charge on any atom is -0.485 e. The predicted octanol–water partition coefficient (Wildman–Crippen LogP) is 6.35. The fourth-order valence-electron chi connectivity index (χ4n) is 4.16. The van der Waals surface area contributed by atoms with Crippen molar-refractivity contribution >= 4 is 17.2 Å². The topological polar surface area (TPSA) is 55.6 Å². The van der Waals surface area contributed by atoms with Gasteiger partial charge in [-0.15, -0.1) is 0 Å². The monoisotopic (exact) mass is 483 g/mol. The molecule has 3 aromatic carbocycles. The van der Waals surface area contributed by atoms with E-state index < -0.39 is 11.7 Å². The zero-order valence-electron chi connectivity index (χ0n) is 19.3. The number of aromatic nitrogens is 2. The van der Waals surface area contributed by atoms with Crippen LogP contribution in [0.1, 0.15) is 29.2 Å². The molecule has 0 aliphatic carbocycles. The second-order valence-corrected chi connectivity index (χ2v) is 8.39. The van der Waals surface area contributed by atoms with Crippen molar-refractivity contribution in [3.05, 3.63) is 132 Å². The molecular weight excluding hydrogens is 460 g/mol. The van der Waals surface area contributed by atoms with Crippen LogP contribution in [-0.2, 0) is 11.4 Å². The van der Waals surface area contributed by atoms with E-state index in [0.717, 1.165) is 11.3 Å². The van der Waals surface area contributed by atoms with Crippen LogP contribution in [0.4, 0.5) is 14.5 Å². The SMILES string of the molecule is O=C(C[C@H](c1cccc(F)c1)c1cnc2c(OCc3ccccc3)cccn12)Nc1ccc(F)cc1. The summed E-state index contributed by atoms with van der Waals surface area (Å²) in [5.74, 6) is -0.956. The van der Waals surface area contributed by atoms with Gasteiger partial charge in [0.15, 0.2) is 11.4 Å². The maximum atomic E-state index is 14.2. The predicted molar refractivity (Wildman–Crippen MR) is 134 cm³/mol. The fraction of sp³-hybridized carbons (Fsp3) is 0.103. The third kappa shape index (κ3) is 5.25. The molecule has 5 rings (SSSR count). The molecule has 1 N–H and O–H groups in total. The van der Waals surface area contributed by atoms with Crippen LogP contribution in [0, 0.1) is 11.6 Å². The Hall–Kier alpha value is -4.52. The van der Waals surface area contributed by atoms with Gasteiger partial charge in [-0.3, -0.25) is 4.79 Å². The van der Waals surface area contributed by atoms with Crippen molar-refractivity contribution in [2.45, 2.75) is 18.9 Å². The molecule has 1 amide bonds. The van der Waals surface area contributed by atoms with E-state index >= 15 is 0 Å². The summed E-state index contributed by atoms with van der Waals surface area (Å²) in [5.41, 5.74) is 3.47. The summed E-state index contributed by atoms with van der Waals surface area (Å²) < 4.78 is 35.3. The van der Waals surface area contributed by atoms with Crippen molar-refractivity contribution in [3.63, 3.8) is 0 Å². The number of pyridine rings is 1. The molecule has 1 atom stereocenters. The van der Waals surface area contributed by atoms with Gasteiger partial charge in [0.05, 0.1) is 5.69 Å². The van der Waals surface area contributed by atoms with Crippen molar-refractivity contribution in [1.29, 1.82) is 0 Å². The van der Waals surface area contributed by atoms with E-state index in [1.165, 1.54) is 36.4 Å².